The van der Waals surface area contributed by atoms with Gasteiger partial charge in [0.1, 0.15) is 6.04 Å². The summed E-state index contributed by atoms with van der Waals surface area (Å²) in [6, 6.07) is -0.773. The Morgan fingerprint density at radius 1 is 1.35 bits per heavy atom. The molecule has 98 valence electrons. The standard InChI is InChI=1S/C12H22N2O3/c1-8(2)5-10(12(16)17)14-11(15)7-13-6-9-3-4-9/h8-10,13H,3-7H2,1-2H3,(H,14,15)(H,16,17)/t10-/m1/s1. The third kappa shape index (κ3) is 6.26. The Kier molecular flexibility index (Phi) is 5.41. The van der Waals surface area contributed by atoms with E-state index in [1.165, 1.54) is 12.8 Å². The van der Waals surface area contributed by atoms with Crippen LogP contribution in [-0.2, 0) is 9.59 Å². The fourth-order valence-electron chi connectivity index (χ4n) is 1.65. The van der Waals surface area contributed by atoms with Crippen LogP contribution in [0.3, 0.4) is 0 Å². The molecular formula is C12H22N2O3. The van der Waals surface area contributed by atoms with E-state index in [4.69, 9.17) is 5.11 Å². The van der Waals surface area contributed by atoms with E-state index in [9.17, 15) is 9.59 Å². The van der Waals surface area contributed by atoms with Crippen LogP contribution in [0.2, 0.25) is 0 Å². The van der Waals surface area contributed by atoms with Gasteiger partial charge in [-0.05, 0) is 37.6 Å². The minimum absolute atomic E-state index is 0.207. The SMILES string of the molecule is CC(C)C[C@@H](NC(=O)CNCC1CC1)C(=O)O. The van der Waals surface area contributed by atoms with Crippen molar-refractivity contribution in [3.63, 3.8) is 0 Å². The van der Waals surface area contributed by atoms with Crippen LogP contribution in [0, 0.1) is 11.8 Å². The van der Waals surface area contributed by atoms with Crippen molar-refractivity contribution in [3.8, 4) is 0 Å². The fourth-order valence-corrected chi connectivity index (χ4v) is 1.65. The van der Waals surface area contributed by atoms with Crippen molar-refractivity contribution in [1.29, 1.82) is 0 Å². The van der Waals surface area contributed by atoms with Crippen molar-refractivity contribution < 1.29 is 14.7 Å². The molecule has 1 saturated carbocycles. The summed E-state index contributed by atoms with van der Waals surface area (Å²) in [6.45, 7) is 4.94. The maximum Gasteiger partial charge on any atom is 0.326 e. The topological polar surface area (TPSA) is 78.4 Å². The molecule has 1 fully saturated rings. The average Bonchev–Trinajstić information content (AvgIpc) is 2.99. The third-order valence-electron chi connectivity index (χ3n) is 2.76. The predicted octanol–water partition coefficient (Wildman–Crippen LogP) is 0.601. The van der Waals surface area contributed by atoms with Gasteiger partial charge >= 0.3 is 5.97 Å². The maximum atomic E-state index is 11.5. The number of carboxylic acids is 1. The van der Waals surface area contributed by atoms with Gasteiger partial charge in [-0.3, -0.25) is 4.79 Å². The van der Waals surface area contributed by atoms with E-state index in [1.54, 1.807) is 0 Å². The molecule has 17 heavy (non-hydrogen) atoms. The zero-order chi connectivity index (χ0) is 12.8. The Morgan fingerprint density at radius 2 is 2.00 bits per heavy atom. The molecule has 1 atom stereocenters. The van der Waals surface area contributed by atoms with E-state index < -0.39 is 12.0 Å². The zero-order valence-electron chi connectivity index (χ0n) is 10.5. The third-order valence-corrected chi connectivity index (χ3v) is 2.76. The molecule has 0 bridgehead atoms. The van der Waals surface area contributed by atoms with Gasteiger partial charge in [0.05, 0.1) is 6.54 Å². The molecule has 0 radical (unpaired) electrons. The molecule has 1 aliphatic carbocycles. The van der Waals surface area contributed by atoms with Crippen LogP contribution in [0.25, 0.3) is 0 Å². The molecule has 3 N–H and O–H groups in total. The van der Waals surface area contributed by atoms with E-state index in [0.717, 1.165) is 6.54 Å². The molecule has 0 aliphatic heterocycles. The summed E-state index contributed by atoms with van der Waals surface area (Å²) >= 11 is 0. The Bertz CT molecular complexity index is 275. The first-order valence-electron chi connectivity index (χ1n) is 6.22. The van der Waals surface area contributed by atoms with E-state index in [2.05, 4.69) is 10.6 Å². The molecule has 0 spiro atoms. The average molecular weight is 242 g/mol. The van der Waals surface area contributed by atoms with Gasteiger partial charge < -0.3 is 15.7 Å². The maximum absolute atomic E-state index is 11.5. The smallest absolute Gasteiger partial charge is 0.326 e. The van der Waals surface area contributed by atoms with E-state index >= 15 is 0 Å². The number of rotatable bonds is 8. The quantitative estimate of drug-likeness (QED) is 0.582. The highest BCUT2D eigenvalue weighted by Gasteiger charge is 2.22. The second-order valence-corrected chi connectivity index (χ2v) is 5.16. The van der Waals surface area contributed by atoms with Crippen molar-refractivity contribution >= 4 is 11.9 Å². The lowest BCUT2D eigenvalue weighted by atomic mass is 10.0. The first-order valence-corrected chi connectivity index (χ1v) is 6.22. The molecule has 0 aromatic rings. The lowest BCUT2D eigenvalue weighted by Gasteiger charge is -2.16. The summed E-state index contributed by atoms with van der Waals surface area (Å²) in [7, 11) is 0. The number of amides is 1. The van der Waals surface area contributed by atoms with Crippen LogP contribution in [0.5, 0.6) is 0 Å². The van der Waals surface area contributed by atoms with Gasteiger partial charge in [-0.1, -0.05) is 13.8 Å². The molecule has 0 aromatic carbocycles. The summed E-state index contributed by atoms with van der Waals surface area (Å²) in [4.78, 5) is 22.4. The first-order chi connectivity index (χ1) is 7.99. The molecule has 5 heteroatoms. The van der Waals surface area contributed by atoms with Crippen molar-refractivity contribution in [2.45, 2.75) is 39.2 Å². The van der Waals surface area contributed by atoms with Crippen molar-refractivity contribution in [3.05, 3.63) is 0 Å². The molecule has 1 rings (SSSR count). The van der Waals surface area contributed by atoms with Gasteiger partial charge in [-0.25, -0.2) is 4.79 Å². The van der Waals surface area contributed by atoms with Crippen LogP contribution in [0.1, 0.15) is 33.1 Å². The normalized spacial score (nSPS) is 16.9. The number of aliphatic carboxylic acids is 1. The monoisotopic (exact) mass is 242 g/mol. The summed E-state index contributed by atoms with van der Waals surface area (Å²) in [5, 5.41) is 14.5. The molecule has 1 aliphatic rings. The molecule has 0 heterocycles. The minimum Gasteiger partial charge on any atom is -0.480 e. The Labute approximate surface area is 102 Å². The second-order valence-electron chi connectivity index (χ2n) is 5.16. The van der Waals surface area contributed by atoms with Crippen molar-refractivity contribution in [2.75, 3.05) is 13.1 Å². The minimum atomic E-state index is -0.964. The molecule has 5 nitrogen and oxygen atoms in total. The largest absolute Gasteiger partial charge is 0.480 e. The number of carboxylic acid groups (broad SMARTS) is 1. The predicted molar refractivity (Wildman–Crippen MR) is 64.6 cm³/mol. The highest BCUT2D eigenvalue weighted by Crippen LogP contribution is 2.27. The summed E-state index contributed by atoms with van der Waals surface area (Å²) < 4.78 is 0. The molecule has 0 aromatic heterocycles. The fraction of sp³-hybridized carbons (Fsp3) is 0.833. The van der Waals surface area contributed by atoms with Gasteiger partial charge in [0, 0.05) is 0 Å². The van der Waals surface area contributed by atoms with Crippen molar-refractivity contribution in [1.82, 2.24) is 10.6 Å². The Balaban J connectivity index is 2.21. The number of hydrogen-bond donors (Lipinski definition) is 3. The first kappa shape index (κ1) is 14.0. The highest BCUT2D eigenvalue weighted by atomic mass is 16.4. The zero-order valence-corrected chi connectivity index (χ0v) is 10.5. The molecule has 0 saturated heterocycles. The Hall–Kier alpha value is -1.10. The Morgan fingerprint density at radius 3 is 2.47 bits per heavy atom. The van der Waals surface area contributed by atoms with Gasteiger partial charge in [0.2, 0.25) is 5.91 Å². The lowest BCUT2D eigenvalue weighted by Crippen LogP contribution is -2.45. The van der Waals surface area contributed by atoms with Gasteiger partial charge in [-0.2, -0.15) is 0 Å². The van der Waals surface area contributed by atoms with Crippen LogP contribution in [0.4, 0.5) is 0 Å². The van der Waals surface area contributed by atoms with Gasteiger partial charge in [0.15, 0.2) is 0 Å². The highest BCUT2D eigenvalue weighted by molar-refractivity contribution is 5.84. The van der Waals surface area contributed by atoms with Crippen molar-refractivity contribution in [2.24, 2.45) is 11.8 Å². The summed E-state index contributed by atoms with van der Waals surface area (Å²) in [5.74, 6) is -0.238. The van der Waals surface area contributed by atoms with Crippen LogP contribution in [-0.4, -0.2) is 36.1 Å². The van der Waals surface area contributed by atoms with Gasteiger partial charge in [-0.15, -0.1) is 0 Å². The van der Waals surface area contributed by atoms with Crippen LogP contribution in [0.15, 0.2) is 0 Å². The second kappa shape index (κ2) is 6.59. The summed E-state index contributed by atoms with van der Waals surface area (Å²) in [6.07, 6.45) is 2.93. The van der Waals surface area contributed by atoms with E-state index in [1.807, 2.05) is 13.8 Å². The number of carbonyl (C=O) groups is 2. The van der Waals surface area contributed by atoms with Crippen LogP contribution < -0.4 is 10.6 Å². The molecule has 0 unspecified atom stereocenters. The lowest BCUT2D eigenvalue weighted by molar-refractivity contribution is -0.142. The molecular weight excluding hydrogens is 220 g/mol. The number of nitrogens with one attached hydrogen (secondary N) is 2. The van der Waals surface area contributed by atoms with E-state index in [0.29, 0.717) is 12.3 Å². The van der Waals surface area contributed by atoms with Crippen LogP contribution >= 0.6 is 0 Å². The molecule has 1 amide bonds. The van der Waals surface area contributed by atoms with E-state index in [-0.39, 0.29) is 18.4 Å². The number of hydrogen-bond acceptors (Lipinski definition) is 3. The van der Waals surface area contributed by atoms with Gasteiger partial charge in [0.25, 0.3) is 0 Å². The number of carbonyl (C=O) groups excluding carboxylic acids is 1. The summed E-state index contributed by atoms with van der Waals surface area (Å²) in [5.41, 5.74) is 0.